The molecule has 2 aromatic rings. The van der Waals surface area contributed by atoms with Crippen LogP contribution in [-0.2, 0) is 9.53 Å². The molecule has 0 saturated carbocycles. The Bertz CT molecular complexity index is 671. The fraction of sp³-hybridized carbons (Fsp3) is 0.353. The SMILES string of the molecule is COC(=O)[C@H](c1ccc2cc(Br)ccc2c1)[C@@H]1CCCN1.Cl. The molecule has 1 N–H and O–H groups in total. The molecule has 2 atom stereocenters. The fourth-order valence-electron chi connectivity index (χ4n) is 3.08. The van der Waals surface area contributed by atoms with Crippen molar-refractivity contribution in [3.8, 4) is 0 Å². The zero-order valence-electron chi connectivity index (χ0n) is 12.3. The van der Waals surface area contributed by atoms with Crippen LogP contribution >= 0.6 is 28.3 Å². The Morgan fingerprint density at radius 2 is 2.00 bits per heavy atom. The number of hydrogen-bond donors (Lipinski definition) is 1. The van der Waals surface area contributed by atoms with Crippen LogP contribution in [0.1, 0.15) is 24.3 Å². The van der Waals surface area contributed by atoms with Gasteiger partial charge in [-0.05, 0) is 47.9 Å². The Kier molecular flexibility index (Phi) is 5.84. The lowest BCUT2D eigenvalue weighted by Crippen LogP contribution is -2.34. The lowest BCUT2D eigenvalue weighted by Gasteiger charge is -2.22. The van der Waals surface area contributed by atoms with Crippen LogP contribution < -0.4 is 5.32 Å². The minimum absolute atomic E-state index is 0. The van der Waals surface area contributed by atoms with Crippen LogP contribution in [0.5, 0.6) is 0 Å². The lowest BCUT2D eigenvalue weighted by atomic mass is 9.89. The predicted molar refractivity (Wildman–Crippen MR) is 94.7 cm³/mol. The van der Waals surface area contributed by atoms with Gasteiger partial charge in [0, 0.05) is 10.5 Å². The Morgan fingerprint density at radius 1 is 1.27 bits per heavy atom. The molecule has 0 bridgehead atoms. The molecule has 1 aliphatic heterocycles. The summed E-state index contributed by atoms with van der Waals surface area (Å²) in [5.41, 5.74) is 1.02. The van der Waals surface area contributed by atoms with E-state index in [1.807, 2.05) is 12.1 Å². The molecule has 5 heteroatoms. The van der Waals surface area contributed by atoms with Gasteiger partial charge in [-0.15, -0.1) is 12.4 Å². The van der Waals surface area contributed by atoms with Gasteiger partial charge in [-0.2, -0.15) is 0 Å². The number of benzene rings is 2. The van der Waals surface area contributed by atoms with E-state index in [0.29, 0.717) is 0 Å². The normalized spacial score (nSPS) is 18.7. The molecule has 2 aromatic carbocycles. The van der Waals surface area contributed by atoms with E-state index in [1.54, 1.807) is 0 Å². The highest BCUT2D eigenvalue weighted by molar-refractivity contribution is 9.10. The van der Waals surface area contributed by atoms with Gasteiger partial charge in [-0.3, -0.25) is 4.79 Å². The van der Waals surface area contributed by atoms with E-state index in [9.17, 15) is 4.79 Å². The highest BCUT2D eigenvalue weighted by Gasteiger charge is 2.32. The van der Waals surface area contributed by atoms with Crippen LogP contribution in [0, 0.1) is 0 Å². The number of hydrogen-bond acceptors (Lipinski definition) is 3. The van der Waals surface area contributed by atoms with Crippen LogP contribution in [0.4, 0.5) is 0 Å². The number of esters is 1. The van der Waals surface area contributed by atoms with E-state index in [1.165, 1.54) is 7.11 Å². The molecule has 3 rings (SSSR count). The Balaban J connectivity index is 0.00000176. The Morgan fingerprint density at radius 3 is 2.68 bits per heavy atom. The number of ether oxygens (including phenoxy) is 1. The molecule has 0 aromatic heterocycles. The summed E-state index contributed by atoms with van der Waals surface area (Å²) in [4.78, 5) is 12.2. The van der Waals surface area contributed by atoms with Crippen molar-refractivity contribution in [1.82, 2.24) is 5.32 Å². The lowest BCUT2D eigenvalue weighted by molar-refractivity contribution is -0.143. The monoisotopic (exact) mass is 383 g/mol. The van der Waals surface area contributed by atoms with Crippen LogP contribution in [0.25, 0.3) is 10.8 Å². The van der Waals surface area contributed by atoms with Gasteiger partial charge in [0.15, 0.2) is 0 Å². The molecule has 1 heterocycles. The summed E-state index contributed by atoms with van der Waals surface area (Å²) >= 11 is 3.48. The van der Waals surface area contributed by atoms with Crippen LogP contribution in [0.15, 0.2) is 40.9 Å². The van der Waals surface area contributed by atoms with Crippen molar-refractivity contribution in [3.05, 3.63) is 46.4 Å². The van der Waals surface area contributed by atoms with E-state index in [4.69, 9.17) is 4.74 Å². The zero-order chi connectivity index (χ0) is 14.8. The van der Waals surface area contributed by atoms with Crippen molar-refractivity contribution in [2.45, 2.75) is 24.8 Å². The van der Waals surface area contributed by atoms with Gasteiger partial charge in [0.1, 0.15) is 0 Å². The Labute approximate surface area is 145 Å². The minimum Gasteiger partial charge on any atom is -0.469 e. The third-order valence-electron chi connectivity index (χ3n) is 4.14. The van der Waals surface area contributed by atoms with Gasteiger partial charge in [0.05, 0.1) is 13.0 Å². The first kappa shape index (κ1) is 17.3. The second-order valence-electron chi connectivity index (χ2n) is 5.45. The summed E-state index contributed by atoms with van der Waals surface area (Å²) in [5.74, 6) is -0.392. The molecule has 3 nitrogen and oxygen atoms in total. The predicted octanol–water partition coefficient (Wildman–Crippen LogP) is 4.03. The van der Waals surface area contributed by atoms with Gasteiger partial charge in [-0.1, -0.05) is 40.2 Å². The highest BCUT2D eigenvalue weighted by atomic mass is 79.9. The summed E-state index contributed by atoms with van der Waals surface area (Å²) in [6, 6.07) is 12.6. The van der Waals surface area contributed by atoms with Crippen molar-refractivity contribution in [3.63, 3.8) is 0 Å². The first-order valence-electron chi connectivity index (χ1n) is 7.19. The molecule has 0 aliphatic carbocycles. The average Bonchev–Trinajstić information content (AvgIpc) is 3.01. The van der Waals surface area contributed by atoms with E-state index >= 15 is 0 Å². The average molecular weight is 385 g/mol. The topological polar surface area (TPSA) is 38.3 Å². The van der Waals surface area contributed by atoms with Gasteiger partial charge in [0.2, 0.25) is 0 Å². The molecular formula is C17H19BrClNO2. The number of halogens is 2. The fourth-order valence-corrected chi connectivity index (χ4v) is 3.46. The number of methoxy groups -OCH3 is 1. The highest BCUT2D eigenvalue weighted by Crippen LogP contribution is 2.30. The van der Waals surface area contributed by atoms with Crippen LogP contribution in [-0.4, -0.2) is 25.7 Å². The van der Waals surface area contributed by atoms with Crippen molar-refractivity contribution in [1.29, 1.82) is 0 Å². The summed E-state index contributed by atoms with van der Waals surface area (Å²) in [7, 11) is 1.46. The smallest absolute Gasteiger partial charge is 0.314 e. The van der Waals surface area contributed by atoms with Crippen LogP contribution in [0.3, 0.4) is 0 Å². The number of nitrogens with one attached hydrogen (secondary N) is 1. The van der Waals surface area contributed by atoms with Gasteiger partial charge < -0.3 is 10.1 Å². The summed E-state index contributed by atoms with van der Waals surface area (Å²) in [6.45, 7) is 0.971. The molecule has 1 aliphatic rings. The maximum Gasteiger partial charge on any atom is 0.314 e. The van der Waals surface area contributed by atoms with Crippen LogP contribution in [0.2, 0.25) is 0 Å². The molecular weight excluding hydrogens is 366 g/mol. The molecule has 1 saturated heterocycles. The van der Waals surface area contributed by atoms with E-state index in [2.05, 4.69) is 45.5 Å². The molecule has 22 heavy (non-hydrogen) atoms. The van der Waals surface area contributed by atoms with E-state index in [0.717, 1.165) is 40.2 Å². The van der Waals surface area contributed by atoms with E-state index in [-0.39, 0.29) is 30.3 Å². The number of carbonyl (C=O) groups is 1. The second kappa shape index (κ2) is 7.44. The molecule has 0 radical (unpaired) electrons. The van der Waals surface area contributed by atoms with E-state index < -0.39 is 0 Å². The molecule has 118 valence electrons. The zero-order valence-corrected chi connectivity index (χ0v) is 14.7. The summed E-state index contributed by atoms with van der Waals surface area (Å²) in [5, 5.41) is 5.72. The first-order chi connectivity index (χ1) is 10.2. The quantitative estimate of drug-likeness (QED) is 0.812. The molecule has 0 amide bonds. The van der Waals surface area contributed by atoms with Crippen molar-refractivity contribution in [2.24, 2.45) is 0 Å². The number of carbonyl (C=O) groups excluding carboxylic acids is 1. The number of fused-ring (bicyclic) bond motifs is 1. The summed E-state index contributed by atoms with van der Waals surface area (Å²) < 4.78 is 6.08. The molecule has 0 unspecified atom stereocenters. The standard InChI is InChI=1S/C17H18BrNO2.ClH/c1-21-17(20)16(15-3-2-8-19-15)13-5-4-12-10-14(18)7-6-11(12)9-13;/h4-7,9-10,15-16,19H,2-3,8H2,1H3;1H/t15-,16+;/m0./s1. The third kappa shape index (κ3) is 3.45. The van der Waals surface area contributed by atoms with Crippen molar-refractivity contribution in [2.75, 3.05) is 13.7 Å². The van der Waals surface area contributed by atoms with Gasteiger partial charge >= 0.3 is 5.97 Å². The maximum atomic E-state index is 12.2. The van der Waals surface area contributed by atoms with Crippen molar-refractivity contribution >= 4 is 45.1 Å². The largest absolute Gasteiger partial charge is 0.469 e. The second-order valence-corrected chi connectivity index (χ2v) is 6.37. The Hall–Kier alpha value is -1.10. The van der Waals surface area contributed by atoms with Crippen molar-refractivity contribution < 1.29 is 9.53 Å². The number of rotatable bonds is 3. The molecule has 1 fully saturated rings. The molecule has 0 spiro atoms. The minimum atomic E-state index is -0.231. The summed E-state index contributed by atoms with van der Waals surface area (Å²) in [6.07, 6.45) is 2.12. The maximum absolute atomic E-state index is 12.2. The first-order valence-corrected chi connectivity index (χ1v) is 7.99. The third-order valence-corrected chi connectivity index (χ3v) is 4.63. The van der Waals surface area contributed by atoms with Gasteiger partial charge in [-0.25, -0.2) is 0 Å². The van der Waals surface area contributed by atoms with Gasteiger partial charge in [0.25, 0.3) is 0 Å².